The van der Waals surface area contributed by atoms with Gasteiger partial charge in [0, 0.05) is 38.8 Å². The van der Waals surface area contributed by atoms with Crippen molar-refractivity contribution in [2.45, 2.75) is 50.9 Å². The van der Waals surface area contributed by atoms with Gasteiger partial charge < -0.3 is 4.90 Å². The summed E-state index contributed by atoms with van der Waals surface area (Å²) in [6.07, 6.45) is -12.4. The number of hydrogen-bond donors (Lipinski definition) is 0. The molecule has 22 heavy (non-hydrogen) atoms. The zero-order valence-electron chi connectivity index (χ0n) is 12.2. The molecule has 9 heteroatoms. The van der Waals surface area contributed by atoms with Gasteiger partial charge in [-0.15, -0.1) is 0 Å². The summed E-state index contributed by atoms with van der Waals surface area (Å²) in [6.45, 7) is 0.340. The van der Waals surface area contributed by atoms with Crippen LogP contribution in [0.25, 0.3) is 0 Å². The molecular formula is C13H19F6NO2. The lowest BCUT2D eigenvalue weighted by Gasteiger charge is -2.15. The molecule has 0 saturated carbocycles. The van der Waals surface area contributed by atoms with Crippen LogP contribution in [0.15, 0.2) is 0 Å². The summed E-state index contributed by atoms with van der Waals surface area (Å²) in [5.41, 5.74) is 0. The van der Waals surface area contributed by atoms with E-state index in [-0.39, 0.29) is 25.9 Å². The summed E-state index contributed by atoms with van der Waals surface area (Å²) < 4.78 is 71.4. The Bertz CT molecular complexity index is 331. The second-order valence-corrected chi connectivity index (χ2v) is 5.11. The van der Waals surface area contributed by atoms with Crippen LogP contribution >= 0.6 is 0 Å². The third-order valence-corrected chi connectivity index (χ3v) is 2.92. The number of carbonyl (C=O) groups is 2. The van der Waals surface area contributed by atoms with E-state index < -0.39 is 49.6 Å². The lowest BCUT2D eigenvalue weighted by atomic mass is 10.1. The predicted octanol–water partition coefficient (Wildman–Crippen LogP) is 3.52. The molecule has 0 rings (SSSR count). The van der Waals surface area contributed by atoms with Crippen LogP contribution in [0.3, 0.4) is 0 Å². The van der Waals surface area contributed by atoms with Crippen molar-refractivity contribution < 1.29 is 35.9 Å². The topological polar surface area (TPSA) is 37.4 Å². The van der Waals surface area contributed by atoms with Gasteiger partial charge in [0.1, 0.15) is 11.6 Å². The van der Waals surface area contributed by atoms with E-state index in [1.165, 1.54) is 4.90 Å². The smallest absolute Gasteiger partial charge is 0.305 e. The van der Waals surface area contributed by atoms with E-state index in [0.29, 0.717) is 0 Å². The van der Waals surface area contributed by atoms with Crippen molar-refractivity contribution in [3.63, 3.8) is 0 Å². The molecule has 0 radical (unpaired) electrons. The monoisotopic (exact) mass is 335 g/mol. The molecule has 0 bridgehead atoms. The van der Waals surface area contributed by atoms with Gasteiger partial charge in [-0.25, -0.2) is 0 Å². The summed E-state index contributed by atoms with van der Waals surface area (Å²) in [6, 6.07) is 0. The maximum absolute atomic E-state index is 11.9. The Morgan fingerprint density at radius 2 is 1.05 bits per heavy atom. The molecule has 3 nitrogen and oxygen atoms in total. The van der Waals surface area contributed by atoms with E-state index in [0.717, 1.165) is 0 Å². The highest BCUT2D eigenvalue weighted by atomic mass is 19.4. The molecule has 0 fully saturated rings. The lowest BCUT2D eigenvalue weighted by Crippen LogP contribution is -2.25. The second kappa shape index (κ2) is 9.12. The number of halogens is 6. The van der Waals surface area contributed by atoms with Gasteiger partial charge in [-0.2, -0.15) is 26.3 Å². The third-order valence-electron chi connectivity index (χ3n) is 2.92. The van der Waals surface area contributed by atoms with Gasteiger partial charge in [-0.1, -0.05) is 0 Å². The Hall–Kier alpha value is -1.12. The van der Waals surface area contributed by atoms with Gasteiger partial charge in [-0.3, -0.25) is 9.59 Å². The largest absolute Gasteiger partial charge is 0.389 e. The highest BCUT2D eigenvalue weighted by Crippen LogP contribution is 2.22. The SMILES string of the molecule is CN(CCC(=O)CCC(F)(F)F)CCC(=O)CCC(F)(F)F. The van der Waals surface area contributed by atoms with Gasteiger partial charge in [0.15, 0.2) is 0 Å². The van der Waals surface area contributed by atoms with Crippen LogP contribution in [-0.4, -0.2) is 49.0 Å². The molecule has 0 aromatic rings. The van der Waals surface area contributed by atoms with Crippen LogP contribution in [-0.2, 0) is 9.59 Å². The minimum atomic E-state index is -4.37. The Labute approximate surface area is 124 Å². The van der Waals surface area contributed by atoms with E-state index in [2.05, 4.69) is 0 Å². The highest BCUT2D eigenvalue weighted by molar-refractivity contribution is 5.79. The number of nitrogens with zero attached hydrogens (tertiary/aromatic N) is 1. The Balaban J connectivity index is 3.79. The molecule has 0 atom stereocenters. The molecule has 0 heterocycles. The summed E-state index contributed by atoms with van der Waals surface area (Å²) in [4.78, 5) is 24.0. The van der Waals surface area contributed by atoms with Gasteiger partial charge in [0.2, 0.25) is 0 Å². The zero-order valence-corrected chi connectivity index (χ0v) is 12.2. The van der Waals surface area contributed by atoms with E-state index in [4.69, 9.17) is 0 Å². The molecule has 0 aliphatic carbocycles. The lowest BCUT2D eigenvalue weighted by molar-refractivity contribution is -0.143. The van der Waals surface area contributed by atoms with Crippen molar-refractivity contribution in [2.24, 2.45) is 0 Å². The van der Waals surface area contributed by atoms with Crippen molar-refractivity contribution in [2.75, 3.05) is 20.1 Å². The van der Waals surface area contributed by atoms with Crippen molar-refractivity contribution in [1.82, 2.24) is 4.90 Å². The van der Waals surface area contributed by atoms with Crippen molar-refractivity contribution in [3.05, 3.63) is 0 Å². The highest BCUT2D eigenvalue weighted by Gasteiger charge is 2.28. The van der Waals surface area contributed by atoms with Crippen molar-refractivity contribution in [1.29, 1.82) is 0 Å². The Morgan fingerprint density at radius 3 is 1.32 bits per heavy atom. The van der Waals surface area contributed by atoms with Gasteiger partial charge in [-0.05, 0) is 7.05 Å². The molecule has 0 N–H and O–H groups in total. The quantitative estimate of drug-likeness (QED) is 0.573. The van der Waals surface area contributed by atoms with E-state index in [9.17, 15) is 35.9 Å². The first-order valence-electron chi connectivity index (χ1n) is 6.74. The summed E-state index contributed by atoms with van der Waals surface area (Å²) in [7, 11) is 1.55. The molecule has 0 amide bonds. The molecule has 0 unspecified atom stereocenters. The molecule has 0 aromatic heterocycles. The first-order chi connectivity index (χ1) is 9.89. The number of carbonyl (C=O) groups excluding carboxylic acids is 2. The summed E-state index contributed by atoms with van der Waals surface area (Å²) >= 11 is 0. The molecule has 0 spiro atoms. The summed E-state index contributed by atoms with van der Waals surface area (Å²) in [5.74, 6) is -1.07. The molecule has 0 aliphatic heterocycles. The van der Waals surface area contributed by atoms with Gasteiger partial charge in [0.05, 0.1) is 12.8 Å². The third kappa shape index (κ3) is 13.8. The fourth-order valence-corrected chi connectivity index (χ4v) is 1.56. The van der Waals surface area contributed by atoms with Crippen LogP contribution in [0.1, 0.15) is 38.5 Å². The van der Waals surface area contributed by atoms with Crippen LogP contribution in [0, 0.1) is 0 Å². The maximum Gasteiger partial charge on any atom is 0.389 e. The molecular weight excluding hydrogens is 316 g/mol. The molecule has 130 valence electrons. The van der Waals surface area contributed by atoms with Crippen LogP contribution in [0.2, 0.25) is 0 Å². The fraction of sp³-hybridized carbons (Fsp3) is 0.846. The number of ketones is 2. The normalized spacial score (nSPS) is 12.7. The number of rotatable bonds is 10. The van der Waals surface area contributed by atoms with Crippen LogP contribution in [0.5, 0.6) is 0 Å². The first kappa shape index (κ1) is 20.9. The van der Waals surface area contributed by atoms with Gasteiger partial charge >= 0.3 is 12.4 Å². The van der Waals surface area contributed by atoms with Crippen molar-refractivity contribution in [3.8, 4) is 0 Å². The number of Topliss-reactive ketones (excluding diaryl/α,β-unsaturated/α-hetero) is 2. The fourth-order valence-electron chi connectivity index (χ4n) is 1.56. The van der Waals surface area contributed by atoms with Crippen LogP contribution < -0.4 is 0 Å². The van der Waals surface area contributed by atoms with E-state index in [1.807, 2.05) is 0 Å². The van der Waals surface area contributed by atoms with E-state index >= 15 is 0 Å². The first-order valence-corrected chi connectivity index (χ1v) is 6.74. The number of hydrogen-bond acceptors (Lipinski definition) is 3. The Morgan fingerprint density at radius 1 is 0.727 bits per heavy atom. The minimum absolute atomic E-state index is 0.0800. The predicted molar refractivity (Wildman–Crippen MR) is 67.3 cm³/mol. The van der Waals surface area contributed by atoms with Gasteiger partial charge in [0.25, 0.3) is 0 Å². The van der Waals surface area contributed by atoms with Crippen LogP contribution in [0.4, 0.5) is 26.3 Å². The average molecular weight is 335 g/mol. The molecule has 0 saturated heterocycles. The average Bonchev–Trinajstić information content (AvgIpc) is 2.36. The standard InChI is InChI=1S/C13H19F6NO2/c1-20(8-4-10(21)2-6-12(14,15)16)9-5-11(22)3-7-13(17,18)19/h2-9H2,1H3. The second-order valence-electron chi connectivity index (χ2n) is 5.11. The Kier molecular flexibility index (Phi) is 8.65. The maximum atomic E-state index is 11.9. The minimum Gasteiger partial charge on any atom is -0.305 e. The molecule has 0 aliphatic rings. The zero-order chi connectivity index (χ0) is 17.4. The number of alkyl halides is 6. The molecule has 0 aromatic carbocycles. The summed E-state index contributed by atoms with van der Waals surface area (Å²) in [5, 5.41) is 0. The van der Waals surface area contributed by atoms with E-state index in [1.54, 1.807) is 7.05 Å². The van der Waals surface area contributed by atoms with Crippen molar-refractivity contribution >= 4 is 11.6 Å².